The molecule has 0 aliphatic carbocycles. The molecule has 2 bridgehead atoms. The summed E-state index contributed by atoms with van der Waals surface area (Å²) in [4.78, 5) is 13.1. The van der Waals surface area contributed by atoms with Gasteiger partial charge in [0, 0.05) is 17.6 Å². The average Bonchev–Trinajstić information content (AvgIpc) is 2.69. The lowest BCUT2D eigenvalue weighted by atomic mass is 9.97. The second-order valence-corrected chi connectivity index (χ2v) is 5.42. The van der Waals surface area contributed by atoms with E-state index in [1.165, 1.54) is 0 Å². The van der Waals surface area contributed by atoms with Crippen LogP contribution in [0.15, 0.2) is 18.2 Å². The van der Waals surface area contributed by atoms with Crippen molar-refractivity contribution >= 4 is 12.0 Å². The average molecular weight is 256 g/mol. The van der Waals surface area contributed by atoms with Crippen molar-refractivity contribution in [2.24, 2.45) is 0 Å². The maximum Gasteiger partial charge on any atom is 0.150 e. The van der Waals surface area contributed by atoms with Gasteiger partial charge in [0.05, 0.1) is 17.4 Å². The zero-order valence-corrected chi connectivity index (χ0v) is 10.6. The first-order chi connectivity index (χ1) is 9.22. The van der Waals surface area contributed by atoms with Gasteiger partial charge in [-0.05, 0) is 43.9 Å². The summed E-state index contributed by atoms with van der Waals surface area (Å²) in [6.45, 7) is 0. The fourth-order valence-electron chi connectivity index (χ4n) is 3.48. The molecule has 0 aromatic heterocycles. The van der Waals surface area contributed by atoms with Crippen LogP contribution in [-0.2, 0) is 0 Å². The first-order valence-corrected chi connectivity index (χ1v) is 6.68. The van der Waals surface area contributed by atoms with Crippen molar-refractivity contribution in [3.63, 3.8) is 0 Å². The molecule has 1 N–H and O–H groups in total. The van der Waals surface area contributed by atoms with Crippen molar-refractivity contribution in [1.29, 1.82) is 5.26 Å². The molecule has 2 heterocycles. The summed E-state index contributed by atoms with van der Waals surface area (Å²) in [7, 11) is 0. The first-order valence-electron chi connectivity index (χ1n) is 6.68. The van der Waals surface area contributed by atoms with Crippen molar-refractivity contribution in [2.45, 2.75) is 43.9 Å². The molecule has 4 heteroatoms. The first kappa shape index (κ1) is 12.2. The Hall–Kier alpha value is -1.86. The smallest absolute Gasteiger partial charge is 0.150 e. The van der Waals surface area contributed by atoms with Gasteiger partial charge in [-0.25, -0.2) is 0 Å². The zero-order chi connectivity index (χ0) is 13.4. The second-order valence-electron chi connectivity index (χ2n) is 5.42. The largest absolute Gasteiger partial charge is 0.393 e. The topological polar surface area (TPSA) is 64.3 Å². The number of aldehydes is 1. The highest BCUT2D eigenvalue weighted by atomic mass is 16.3. The number of benzene rings is 1. The third-order valence-electron chi connectivity index (χ3n) is 4.26. The Labute approximate surface area is 112 Å². The Bertz CT molecular complexity index is 536. The number of anilines is 1. The van der Waals surface area contributed by atoms with Gasteiger partial charge in [-0.3, -0.25) is 4.79 Å². The highest BCUT2D eigenvalue weighted by molar-refractivity contribution is 5.78. The molecule has 2 aliphatic rings. The van der Waals surface area contributed by atoms with Gasteiger partial charge in [0.25, 0.3) is 0 Å². The van der Waals surface area contributed by atoms with Crippen LogP contribution < -0.4 is 4.90 Å². The molecule has 2 unspecified atom stereocenters. The van der Waals surface area contributed by atoms with E-state index < -0.39 is 0 Å². The zero-order valence-electron chi connectivity index (χ0n) is 10.6. The van der Waals surface area contributed by atoms with E-state index in [1.54, 1.807) is 12.1 Å². The number of nitrogens with zero attached hydrogens (tertiary/aromatic N) is 2. The Morgan fingerprint density at radius 2 is 2.00 bits per heavy atom. The molecule has 1 aromatic rings. The van der Waals surface area contributed by atoms with Crippen LogP contribution in [0.1, 0.15) is 41.6 Å². The van der Waals surface area contributed by atoms with Crippen LogP contribution in [0.5, 0.6) is 0 Å². The molecule has 4 nitrogen and oxygen atoms in total. The number of hydrogen-bond donors (Lipinski definition) is 1. The monoisotopic (exact) mass is 256 g/mol. The van der Waals surface area contributed by atoms with Crippen LogP contribution in [-0.4, -0.2) is 29.6 Å². The molecule has 0 radical (unpaired) electrons. The maximum absolute atomic E-state index is 10.8. The van der Waals surface area contributed by atoms with E-state index in [2.05, 4.69) is 11.0 Å². The van der Waals surface area contributed by atoms with Crippen LogP contribution in [0.4, 0.5) is 5.69 Å². The minimum absolute atomic E-state index is 0.214. The quantitative estimate of drug-likeness (QED) is 0.820. The minimum atomic E-state index is -0.214. The number of nitriles is 1. The molecule has 0 saturated carbocycles. The van der Waals surface area contributed by atoms with Gasteiger partial charge in [-0.15, -0.1) is 0 Å². The van der Waals surface area contributed by atoms with Gasteiger partial charge < -0.3 is 10.0 Å². The van der Waals surface area contributed by atoms with E-state index in [0.29, 0.717) is 23.2 Å². The molecule has 0 spiro atoms. The fourth-order valence-corrected chi connectivity index (χ4v) is 3.48. The maximum atomic E-state index is 10.8. The lowest BCUT2D eigenvalue weighted by Crippen LogP contribution is -2.45. The predicted octanol–water partition coefficient (Wildman–Crippen LogP) is 1.86. The van der Waals surface area contributed by atoms with E-state index in [-0.39, 0.29) is 6.10 Å². The van der Waals surface area contributed by atoms with Crippen molar-refractivity contribution < 1.29 is 9.90 Å². The number of fused-ring (bicyclic) bond motifs is 2. The molecule has 19 heavy (non-hydrogen) atoms. The third-order valence-corrected chi connectivity index (χ3v) is 4.26. The molecular weight excluding hydrogens is 240 g/mol. The van der Waals surface area contributed by atoms with Gasteiger partial charge in [-0.1, -0.05) is 0 Å². The summed E-state index contributed by atoms with van der Waals surface area (Å²) in [6, 6.07) is 8.10. The van der Waals surface area contributed by atoms with Gasteiger partial charge in [-0.2, -0.15) is 5.26 Å². The fraction of sp³-hybridized carbons (Fsp3) is 0.467. The minimum Gasteiger partial charge on any atom is -0.393 e. The summed E-state index contributed by atoms with van der Waals surface area (Å²) in [5.41, 5.74) is 2.00. The molecule has 1 aromatic carbocycles. The van der Waals surface area contributed by atoms with Crippen molar-refractivity contribution in [3.05, 3.63) is 29.3 Å². The molecule has 98 valence electrons. The summed E-state index contributed by atoms with van der Waals surface area (Å²) in [5.74, 6) is 0. The van der Waals surface area contributed by atoms with Gasteiger partial charge >= 0.3 is 0 Å². The van der Waals surface area contributed by atoms with Crippen LogP contribution in [0, 0.1) is 11.3 Å². The number of hydrogen-bond acceptors (Lipinski definition) is 4. The second kappa shape index (κ2) is 4.67. The van der Waals surface area contributed by atoms with Crippen LogP contribution >= 0.6 is 0 Å². The highest BCUT2D eigenvalue weighted by Gasteiger charge is 2.40. The number of carbonyl (C=O) groups excluding carboxylic acids is 1. The van der Waals surface area contributed by atoms with Crippen molar-refractivity contribution in [1.82, 2.24) is 0 Å². The highest BCUT2D eigenvalue weighted by Crippen LogP contribution is 2.40. The van der Waals surface area contributed by atoms with Gasteiger partial charge in [0.1, 0.15) is 12.4 Å². The SMILES string of the molecule is N#Cc1cc(C=O)ccc1N1C2CCC1CC(O)C2. The molecule has 2 aliphatic heterocycles. The Balaban J connectivity index is 1.99. The number of carbonyl (C=O) groups is 1. The molecule has 3 rings (SSSR count). The number of aliphatic hydroxyl groups excluding tert-OH is 1. The van der Waals surface area contributed by atoms with Crippen LogP contribution in [0.25, 0.3) is 0 Å². The molecule has 2 atom stereocenters. The lowest BCUT2D eigenvalue weighted by molar-refractivity contribution is 0.112. The van der Waals surface area contributed by atoms with Crippen LogP contribution in [0.2, 0.25) is 0 Å². The number of aliphatic hydroxyl groups is 1. The third kappa shape index (κ3) is 2.00. The molecule has 0 amide bonds. The van der Waals surface area contributed by atoms with Gasteiger partial charge in [0.15, 0.2) is 0 Å². The Morgan fingerprint density at radius 1 is 1.32 bits per heavy atom. The van der Waals surface area contributed by atoms with Crippen molar-refractivity contribution in [2.75, 3.05) is 4.90 Å². The molecule has 2 saturated heterocycles. The van der Waals surface area contributed by atoms with E-state index in [9.17, 15) is 15.2 Å². The Kier molecular flexibility index (Phi) is 3.00. The van der Waals surface area contributed by atoms with Gasteiger partial charge in [0.2, 0.25) is 0 Å². The van der Waals surface area contributed by atoms with Crippen molar-refractivity contribution in [3.8, 4) is 6.07 Å². The number of rotatable bonds is 2. The molecular formula is C15H16N2O2. The summed E-state index contributed by atoms with van der Waals surface area (Å²) >= 11 is 0. The lowest BCUT2D eigenvalue weighted by Gasteiger charge is -2.39. The summed E-state index contributed by atoms with van der Waals surface area (Å²) in [5, 5.41) is 19.1. The summed E-state index contributed by atoms with van der Waals surface area (Å²) in [6.07, 6.45) is 4.24. The summed E-state index contributed by atoms with van der Waals surface area (Å²) < 4.78 is 0. The van der Waals surface area contributed by atoms with Crippen LogP contribution in [0.3, 0.4) is 0 Å². The predicted molar refractivity (Wildman–Crippen MR) is 71.1 cm³/mol. The number of piperidine rings is 1. The molecule has 2 fully saturated rings. The normalized spacial score (nSPS) is 29.1. The Morgan fingerprint density at radius 3 is 2.58 bits per heavy atom. The van der Waals surface area contributed by atoms with E-state index in [1.807, 2.05) is 6.07 Å². The van der Waals surface area contributed by atoms with E-state index in [0.717, 1.165) is 37.7 Å². The van der Waals surface area contributed by atoms with E-state index in [4.69, 9.17) is 0 Å². The van der Waals surface area contributed by atoms with E-state index >= 15 is 0 Å². The standard InChI is InChI=1S/C15H16N2O2/c16-8-11-5-10(9-18)1-4-15(11)17-12-2-3-13(17)7-14(19)6-12/h1,4-5,9,12-14,19H,2-3,6-7H2.